The summed E-state index contributed by atoms with van der Waals surface area (Å²) >= 11 is 3.84. The summed E-state index contributed by atoms with van der Waals surface area (Å²) in [5.41, 5.74) is 5.80. The molecule has 27 heavy (non-hydrogen) atoms. The van der Waals surface area contributed by atoms with Crippen molar-refractivity contribution < 1.29 is 4.57 Å². The summed E-state index contributed by atoms with van der Waals surface area (Å²) < 4.78 is 3.73. The average Bonchev–Trinajstić information content (AvgIpc) is 3.35. The summed E-state index contributed by atoms with van der Waals surface area (Å²) in [6, 6.07) is 12.0. The van der Waals surface area contributed by atoms with Gasteiger partial charge >= 0.3 is 0 Å². The molecule has 0 atom stereocenters. The van der Waals surface area contributed by atoms with Crippen molar-refractivity contribution in [1.82, 2.24) is 0 Å². The van der Waals surface area contributed by atoms with Gasteiger partial charge in [-0.25, -0.2) is 4.57 Å². The second-order valence-corrected chi connectivity index (χ2v) is 10.1. The summed E-state index contributed by atoms with van der Waals surface area (Å²) in [4.78, 5) is 2.87. The number of thiophene rings is 1. The van der Waals surface area contributed by atoms with E-state index in [1.54, 1.807) is 5.56 Å². The average molecular weight is 389 g/mol. The Hall–Kier alpha value is -1.84. The van der Waals surface area contributed by atoms with Crippen molar-refractivity contribution in [2.24, 2.45) is 7.05 Å². The highest BCUT2D eigenvalue weighted by Gasteiger charge is 2.30. The van der Waals surface area contributed by atoms with Crippen LogP contribution in [0.5, 0.6) is 0 Å². The molecule has 1 saturated carbocycles. The van der Waals surface area contributed by atoms with Gasteiger partial charge in [-0.1, -0.05) is 30.7 Å². The first kappa shape index (κ1) is 16.1. The molecule has 0 radical (unpaired) electrons. The predicted octanol–water partition coefficient (Wildman–Crippen LogP) is 6.98. The lowest BCUT2D eigenvalue weighted by Crippen LogP contribution is -2.31. The molecule has 3 heterocycles. The van der Waals surface area contributed by atoms with Crippen molar-refractivity contribution in [1.29, 1.82) is 0 Å². The number of aryl methyl sites for hydroxylation is 2. The molecule has 0 amide bonds. The van der Waals surface area contributed by atoms with Gasteiger partial charge in [-0.2, -0.15) is 0 Å². The molecule has 4 aromatic rings. The Labute approximate surface area is 168 Å². The molecule has 2 aromatic heterocycles. The van der Waals surface area contributed by atoms with Crippen LogP contribution in [0, 0.1) is 6.92 Å². The number of hydrogen-bond acceptors (Lipinski definition) is 2. The molecular weight excluding hydrogens is 366 g/mol. The van der Waals surface area contributed by atoms with Gasteiger partial charge in [-0.3, -0.25) is 0 Å². The quantitative estimate of drug-likeness (QED) is 0.280. The third kappa shape index (κ3) is 2.28. The number of benzene rings is 2. The van der Waals surface area contributed by atoms with Gasteiger partial charge in [0.05, 0.1) is 10.9 Å². The Morgan fingerprint density at radius 2 is 1.89 bits per heavy atom. The molecule has 0 spiro atoms. The molecule has 1 aliphatic carbocycles. The van der Waals surface area contributed by atoms with Crippen LogP contribution in [-0.2, 0) is 7.05 Å². The molecular formula is C24H22NS2+. The number of pyridine rings is 1. The maximum Gasteiger partial charge on any atom is 0.222 e. The summed E-state index contributed by atoms with van der Waals surface area (Å²) in [7, 11) is 2.19. The first-order valence-electron chi connectivity index (χ1n) is 9.86. The first-order valence-corrected chi connectivity index (χ1v) is 11.6. The Morgan fingerprint density at radius 3 is 2.74 bits per heavy atom. The molecule has 2 aromatic carbocycles. The zero-order valence-corrected chi connectivity index (χ0v) is 17.3. The van der Waals surface area contributed by atoms with E-state index < -0.39 is 0 Å². The van der Waals surface area contributed by atoms with E-state index in [1.807, 2.05) is 23.1 Å². The van der Waals surface area contributed by atoms with Crippen LogP contribution in [0.15, 0.2) is 51.7 Å². The fourth-order valence-electron chi connectivity index (χ4n) is 5.11. The SMILES string of the molecule is Cc1c2c(cc3sccc13)Sc1cc(C3CCCC3)cc3cc[n+](C)c-2c13. The monoisotopic (exact) mass is 388 g/mol. The number of rotatable bonds is 1. The minimum atomic E-state index is 0.756. The van der Waals surface area contributed by atoms with E-state index in [0.29, 0.717) is 0 Å². The van der Waals surface area contributed by atoms with E-state index >= 15 is 0 Å². The number of hydrogen-bond donors (Lipinski definition) is 0. The third-order valence-electron chi connectivity index (χ3n) is 6.49. The normalized spacial score (nSPS) is 16.4. The zero-order valence-electron chi connectivity index (χ0n) is 15.7. The molecule has 0 saturated heterocycles. The second kappa shape index (κ2) is 5.83. The fraction of sp³-hybridized carbons (Fsp3) is 0.292. The molecule has 0 unspecified atom stereocenters. The van der Waals surface area contributed by atoms with E-state index in [4.69, 9.17) is 0 Å². The Bertz CT molecular complexity index is 1230. The van der Waals surface area contributed by atoms with Crippen LogP contribution in [0.4, 0.5) is 0 Å². The lowest BCUT2D eigenvalue weighted by molar-refractivity contribution is -0.659. The van der Waals surface area contributed by atoms with Gasteiger partial charge in [-0.05, 0) is 71.2 Å². The van der Waals surface area contributed by atoms with Gasteiger partial charge in [0.2, 0.25) is 5.69 Å². The van der Waals surface area contributed by atoms with Crippen molar-refractivity contribution in [2.75, 3.05) is 0 Å². The molecule has 2 aliphatic rings. The number of aromatic nitrogens is 1. The summed E-state index contributed by atoms with van der Waals surface area (Å²) in [6.07, 6.45) is 7.73. The minimum absolute atomic E-state index is 0.756. The Morgan fingerprint density at radius 1 is 1.04 bits per heavy atom. The minimum Gasteiger partial charge on any atom is -0.200 e. The summed E-state index contributed by atoms with van der Waals surface area (Å²) in [5, 5.41) is 6.48. The van der Waals surface area contributed by atoms with Gasteiger partial charge in [0, 0.05) is 20.6 Å². The van der Waals surface area contributed by atoms with E-state index in [0.717, 1.165) is 5.92 Å². The summed E-state index contributed by atoms with van der Waals surface area (Å²) in [6.45, 7) is 2.30. The van der Waals surface area contributed by atoms with E-state index in [2.05, 4.69) is 60.4 Å². The number of fused-ring (bicyclic) bond motifs is 3. The van der Waals surface area contributed by atoms with Crippen LogP contribution >= 0.6 is 23.1 Å². The van der Waals surface area contributed by atoms with Gasteiger partial charge in [0.1, 0.15) is 7.05 Å². The van der Waals surface area contributed by atoms with Crippen LogP contribution in [0.2, 0.25) is 0 Å². The fourth-order valence-corrected chi connectivity index (χ4v) is 7.35. The lowest BCUT2D eigenvalue weighted by Gasteiger charge is -2.22. The lowest BCUT2D eigenvalue weighted by atomic mass is 9.92. The van der Waals surface area contributed by atoms with Crippen molar-refractivity contribution in [3.8, 4) is 11.3 Å². The highest BCUT2D eigenvalue weighted by atomic mass is 32.2. The van der Waals surface area contributed by atoms with E-state index in [9.17, 15) is 0 Å². The van der Waals surface area contributed by atoms with Crippen LogP contribution in [0.25, 0.3) is 32.1 Å². The smallest absolute Gasteiger partial charge is 0.200 e. The molecule has 1 nitrogen and oxygen atoms in total. The predicted molar refractivity (Wildman–Crippen MR) is 116 cm³/mol. The maximum absolute atomic E-state index is 2.50. The molecule has 3 heteroatoms. The molecule has 0 bridgehead atoms. The standard InChI is InChI=1S/C24H22NS2/c1-14-18-8-10-26-19(18)13-21-22(14)24-23-16(7-9-25(24)2)11-17(12-20(23)27-21)15-5-3-4-6-15/h7-13,15H,3-6H2,1-2H3/q+1. The second-order valence-electron chi connectivity index (χ2n) is 8.05. The Kier molecular flexibility index (Phi) is 3.48. The largest absolute Gasteiger partial charge is 0.222 e. The van der Waals surface area contributed by atoms with Crippen molar-refractivity contribution in [3.05, 3.63) is 53.0 Å². The number of nitrogens with zero attached hydrogens (tertiary/aromatic N) is 1. The van der Waals surface area contributed by atoms with Crippen LogP contribution < -0.4 is 4.57 Å². The van der Waals surface area contributed by atoms with Gasteiger partial charge in [0.25, 0.3) is 0 Å². The third-order valence-corrected chi connectivity index (χ3v) is 8.44. The van der Waals surface area contributed by atoms with Crippen molar-refractivity contribution >= 4 is 44.0 Å². The van der Waals surface area contributed by atoms with E-state index in [1.165, 1.54) is 73.2 Å². The maximum atomic E-state index is 2.50. The van der Waals surface area contributed by atoms with E-state index in [-0.39, 0.29) is 0 Å². The van der Waals surface area contributed by atoms with Crippen molar-refractivity contribution in [3.63, 3.8) is 0 Å². The van der Waals surface area contributed by atoms with Crippen LogP contribution in [0.3, 0.4) is 0 Å². The summed E-state index contributed by atoms with van der Waals surface area (Å²) in [5.74, 6) is 0.756. The Balaban J connectivity index is 1.69. The molecule has 6 rings (SSSR count). The molecule has 1 aliphatic heterocycles. The van der Waals surface area contributed by atoms with Gasteiger partial charge in [-0.15, -0.1) is 11.3 Å². The van der Waals surface area contributed by atoms with Crippen LogP contribution in [0.1, 0.15) is 42.7 Å². The topological polar surface area (TPSA) is 3.88 Å². The van der Waals surface area contributed by atoms with Gasteiger partial charge in [0.15, 0.2) is 6.20 Å². The first-order chi connectivity index (χ1) is 13.2. The highest BCUT2D eigenvalue weighted by molar-refractivity contribution is 7.99. The molecule has 0 N–H and O–H groups in total. The zero-order chi connectivity index (χ0) is 18.1. The van der Waals surface area contributed by atoms with Gasteiger partial charge < -0.3 is 0 Å². The van der Waals surface area contributed by atoms with Crippen LogP contribution in [-0.4, -0.2) is 0 Å². The van der Waals surface area contributed by atoms with Crippen molar-refractivity contribution in [2.45, 2.75) is 48.3 Å². The molecule has 134 valence electrons. The molecule has 1 fully saturated rings. The highest BCUT2D eigenvalue weighted by Crippen LogP contribution is 2.51.